The van der Waals surface area contributed by atoms with Crippen LogP contribution in [-0.2, 0) is 11.3 Å². The summed E-state index contributed by atoms with van der Waals surface area (Å²) < 4.78 is 6.22. The molecule has 1 aromatic carbocycles. The molecule has 1 aliphatic rings. The van der Waals surface area contributed by atoms with Crippen LogP contribution in [0.2, 0.25) is 0 Å². The van der Waals surface area contributed by atoms with Crippen molar-refractivity contribution in [2.24, 2.45) is 5.92 Å². The van der Waals surface area contributed by atoms with Crippen molar-refractivity contribution in [3.63, 3.8) is 0 Å². The van der Waals surface area contributed by atoms with E-state index in [-0.39, 0.29) is 0 Å². The highest BCUT2D eigenvalue weighted by atomic mass is 79.9. The molecule has 0 bridgehead atoms. The predicted octanol–water partition coefficient (Wildman–Crippen LogP) is 3.42. The molecule has 0 amide bonds. The molecule has 0 radical (unpaired) electrons. The van der Waals surface area contributed by atoms with Crippen molar-refractivity contribution in [3.8, 4) is 0 Å². The van der Waals surface area contributed by atoms with E-state index < -0.39 is 0 Å². The van der Waals surface area contributed by atoms with E-state index in [1.165, 1.54) is 37.1 Å². The van der Waals surface area contributed by atoms with E-state index in [0.717, 1.165) is 30.1 Å². The molecule has 0 atom stereocenters. The third-order valence-corrected chi connectivity index (χ3v) is 4.51. The average Bonchev–Trinajstić information content (AvgIpc) is 2.40. The van der Waals surface area contributed by atoms with E-state index in [9.17, 15) is 0 Å². The van der Waals surface area contributed by atoms with Crippen molar-refractivity contribution in [1.82, 2.24) is 5.32 Å². The van der Waals surface area contributed by atoms with Gasteiger partial charge >= 0.3 is 0 Å². The second kappa shape index (κ2) is 8.01. The Morgan fingerprint density at radius 3 is 2.85 bits per heavy atom. The Morgan fingerprint density at radius 2 is 2.20 bits per heavy atom. The fourth-order valence-corrected chi connectivity index (χ4v) is 2.95. The van der Waals surface area contributed by atoms with E-state index in [4.69, 9.17) is 4.74 Å². The summed E-state index contributed by atoms with van der Waals surface area (Å²) in [4.78, 5) is 2.40. The molecule has 1 aromatic rings. The number of anilines is 1. The average molecular weight is 341 g/mol. The van der Waals surface area contributed by atoms with Crippen molar-refractivity contribution in [3.05, 3.63) is 28.2 Å². The van der Waals surface area contributed by atoms with Crippen LogP contribution in [0.4, 0.5) is 5.69 Å². The van der Waals surface area contributed by atoms with Crippen LogP contribution in [0.1, 0.15) is 24.8 Å². The molecule has 4 heteroatoms. The van der Waals surface area contributed by atoms with Gasteiger partial charge < -0.3 is 15.0 Å². The van der Waals surface area contributed by atoms with Crippen molar-refractivity contribution >= 4 is 21.6 Å². The second-order valence-corrected chi connectivity index (χ2v) is 6.54. The molecule has 0 saturated heterocycles. The van der Waals surface area contributed by atoms with Gasteiger partial charge in [0.1, 0.15) is 0 Å². The van der Waals surface area contributed by atoms with E-state index in [1.807, 2.05) is 0 Å². The molecule has 20 heavy (non-hydrogen) atoms. The minimum atomic E-state index is 0.754. The van der Waals surface area contributed by atoms with Crippen molar-refractivity contribution in [2.75, 3.05) is 38.8 Å². The van der Waals surface area contributed by atoms with Gasteiger partial charge in [-0.05, 0) is 36.5 Å². The van der Waals surface area contributed by atoms with E-state index in [0.29, 0.717) is 0 Å². The van der Waals surface area contributed by atoms with Gasteiger partial charge in [0, 0.05) is 44.0 Å². The van der Waals surface area contributed by atoms with E-state index >= 15 is 0 Å². The van der Waals surface area contributed by atoms with Crippen LogP contribution in [0.3, 0.4) is 0 Å². The van der Waals surface area contributed by atoms with Gasteiger partial charge in [-0.2, -0.15) is 0 Å². The lowest BCUT2D eigenvalue weighted by atomic mass is 9.85. The Bertz CT molecular complexity index is 421. The second-order valence-electron chi connectivity index (χ2n) is 5.62. The number of ether oxygens (including phenoxy) is 1. The standard InChI is InChI=1S/C16H25BrN2O/c1-19(12-13-4-3-5-13)16-10-15(17)7-6-14(16)11-18-8-9-20-2/h6-7,10,13,18H,3-5,8-9,11-12H2,1-2H3. The highest BCUT2D eigenvalue weighted by molar-refractivity contribution is 9.10. The molecular weight excluding hydrogens is 316 g/mol. The summed E-state index contributed by atoms with van der Waals surface area (Å²) in [6.45, 7) is 3.70. The number of benzene rings is 1. The van der Waals surface area contributed by atoms with Crippen molar-refractivity contribution < 1.29 is 4.74 Å². The maximum absolute atomic E-state index is 5.07. The number of rotatable bonds is 8. The molecule has 1 fully saturated rings. The Balaban J connectivity index is 1.98. The Kier molecular flexibility index (Phi) is 6.33. The summed E-state index contributed by atoms with van der Waals surface area (Å²) in [5, 5.41) is 3.43. The molecule has 2 rings (SSSR count). The molecule has 0 spiro atoms. The summed E-state index contributed by atoms with van der Waals surface area (Å²) in [6, 6.07) is 6.55. The highest BCUT2D eigenvalue weighted by Crippen LogP contribution is 2.30. The molecule has 0 heterocycles. The van der Waals surface area contributed by atoms with E-state index in [2.05, 4.69) is 51.4 Å². The normalized spacial score (nSPS) is 15.2. The lowest BCUT2D eigenvalue weighted by molar-refractivity contribution is 0.199. The van der Waals surface area contributed by atoms with Crippen LogP contribution in [0.15, 0.2) is 22.7 Å². The zero-order chi connectivity index (χ0) is 14.4. The van der Waals surface area contributed by atoms with Gasteiger partial charge in [0.05, 0.1) is 6.61 Å². The first-order chi connectivity index (χ1) is 9.70. The van der Waals surface area contributed by atoms with Gasteiger partial charge in [-0.15, -0.1) is 0 Å². The fourth-order valence-electron chi connectivity index (χ4n) is 2.60. The maximum Gasteiger partial charge on any atom is 0.0587 e. The lowest BCUT2D eigenvalue weighted by Gasteiger charge is -2.32. The van der Waals surface area contributed by atoms with Crippen LogP contribution in [0.5, 0.6) is 0 Å². The van der Waals surface area contributed by atoms with Crippen molar-refractivity contribution in [1.29, 1.82) is 0 Å². The largest absolute Gasteiger partial charge is 0.383 e. The van der Waals surface area contributed by atoms with Gasteiger partial charge in [-0.3, -0.25) is 0 Å². The number of halogens is 1. The monoisotopic (exact) mass is 340 g/mol. The number of hydrogen-bond acceptors (Lipinski definition) is 3. The zero-order valence-electron chi connectivity index (χ0n) is 12.5. The molecule has 3 nitrogen and oxygen atoms in total. The summed E-state index contributed by atoms with van der Waals surface area (Å²) in [7, 11) is 3.94. The van der Waals surface area contributed by atoms with Crippen LogP contribution in [0, 0.1) is 5.92 Å². The Labute approximate surface area is 130 Å². The molecular formula is C16H25BrN2O. The highest BCUT2D eigenvalue weighted by Gasteiger charge is 2.20. The number of methoxy groups -OCH3 is 1. The summed E-state index contributed by atoms with van der Waals surface area (Å²) >= 11 is 3.59. The molecule has 0 aliphatic heterocycles. The first-order valence-electron chi connectivity index (χ1n) is 7.40. The van der Waals surface area contributed by atoms with Crippen molar-refractivity contribution in [2.45, 2.75) is 25.8 Å². The quantitative estimate of drug-likeness (QED) is 0.734. The van der Waals surface area contributed by atoms with Gasteiger partial charge in [-0.1, -0.05) is 28.4 Å². The van der Waals surface area contributed by atoms with Gasteiger partial charge in [-0.25, -0.2) is 0 Å². The van der Waals surface area contributed by atoms with E-state index in [1.54, 1.807) is 7.11 Å². The number of nitrogens with one attached hydrogen (secondary N) is 1. The first kappa shape index (κ1) is 15.8. The molecule has 0 aromatic heterocycles. The molecule has 1 saturated carbocycles. The molecule has 1 aliphatic carbocycles. The molecule has 112 valence electrons. The minimum absolute atomic E-state index is 0.754. The summed E-state index contributed by atoms with van der Waals surface area (Å²) in [5.41, 5.74) is 2.68. The van der Waals surface area contributed by atoms with Gasteiger partial charge in [0.2, 0.25) is 0 Å². The Hall–Kier alpha value is -0.580. The lowest BCUT2D eigenvalue weighted by Crippen LogP contribution is -2.30. The maximum atomic E-state index is 5.07. The first-order valence-corrected chi connectivity index (χ1v) is 8.19. The number of nitrogens with zero attached hydrogens (tertiary/aromatic N) is 1. The third kappa shape index (κ3) is 4.47. The topological polar surface area (TPSA) is 24.5 Å². The zero-order valence-corrected chi connectivity index (χ0v) is 14.1. The van der Waals surface area contributed by atoms with Crippen LogP contribution < -0.4 is 10.2 Å². The number of hydrogen-bond donors (Lipinski definition) is 1. The fraction of sp³-hybridized carbons (Fsp3) is 0.625. The predicted molar refractivity (Wildman–Crippen MR) is 88.3 cm³/mol. The molecule has 1 N–H and O–H groups in total. The smallest absolute Gasteiger partial charge is 0.0587 e. The van der Waals surface area contributed by atoms with Crippen LogP contribution >= 0.6 is 15.9 Å². The van der Waals surface area contributed by atoms with Gasteiger partial charge in [0.25, 0.3) is 0 Å². The third-order valence-electron chi connectivity index (χ3n) is 4.01. The summed E-state index contributed by atoms with van der Waals surface area (Å²) in [6.07, 6.45) is 4.18. The van der Waals surface area contributed by atoms with Crippen LogP contribution in [0.25, 0.3) is 0 Å². The minimum Gasteiger partial charge on any atom is -0.383 e. The SMILES string of the molecule is COCCNCc1ccc(Br)cc1N(C)CC1CCC1. The van der Waals surface area contributed by atoms with Crippen LogP contribution in [-0.4, -0.2) is 33.9 Å². The van der Waals surface area contributed by atoms with Gasteiger partial charge in [0.15, 0.2) is 0 Å². The Morgan fingerprint density at radius 1 is 1.40 bits per heavy atom. The summed E-state index contributed by atoms with van der Waals surface area (Å²) in [5.74, 6) is 0.883. The molecule has 0 unspecified atom stereocenters.